The minimum Gasteiger partial charge on any atom is -0.353 e. The molecule has 0 fully saturated rings. The molecule has 1 atom stereocenters. The zero-order valence-electron chi connectivity index (χ0n) is 22.8. The summed E-state index contributed by atoms with van der Waals surface area (Å²) in [5, 5.41) is 10.2. The summed E-state index contributed by atoms with van der Waals surface area (Å²) in [4.78, 5) is 31.6. The quantitative estimate of drug-likeness (QED) is 0.472. The third-order valence-corrected chi connectivity index (χ3v) is 8.91. The largest absolute Gasteiger partial charge is 0.353 e. The molecule has 0 spiro atoms. The van der Waals surface area contributed by atoms with E-state index >= 15 is 0 Å². The Hall–Kier alpha value is -2.62. The number of aryl methyl sites for hydroxylation is 1. The van der Waals surface area contributed by atoms with Crippen molar-refractivity contribution in [1.82, 2.24) is 20.0 Å². The molecule has 9 heteroatoms. The second-order valence-corrected chi connectivity index (χ2v) is 12.9. The monoisotopic (exact) mass is 539 g/mol. The van der Waals surface area contributed by atoms with Crippen LogP contribution in [-0.2, 0) is 15.0 Å². The van der Waals surface area contributed by atoms with Gasteiger partial charge in [-0.05, 0) is 56.6 Å². The predicted molar refractivity (Wildman–Crippen MR) is 154 cm³/mol. The van der Waals surface area contributed by atoms with Gasteiger partial charge in [-0.1, -0.05) is 39.0 Å². The molecule has 0 saturated carbocycles. The zero-order valence-corrected chi connectivity index (χ0v) is 24.4. The summed E-state index contributed by atoms with van der Waals surface area (Å²) in [6.45, 7) is 11.8. The summed E-state index contributed by atoms with van der Waals surface area (Å²) in [6.07, 6.45) is 0. The van der Waals surface area contributed by atoms with Gasteiger partial charge in [0.05, 0.1) is 22.4 Å². The van der Waals surface area contributed by atoms with Gasteiger partial charge in [0, 0.05) is 28.9 Å². The molecule has 0 bridgehead atoms. The van der Waals surface area contributed by atoms with E-state index in [4.69, 9.17) is 5.10 Å². The van der Waals surface area contributed by atoms with Crippen LogP contribution >= 0.6 is 23.1 Å². The number of thioether (sulfide) groups is 1. The predicted octanol–water partition coefficient (Wildman–Crippen LogP) is 4.70. The Labute approximate surface area is 228 Å². The van der Waals surface area contributed by atoms with Crippen molar-refractivity contribution >= 4 is 40.7 Å². The first-order valence-corrected chi connectivity index (χ1v) is 14.5. The summed E-state index contributed by atoms with van der Waals surface area (Å²) >= 11 is 3.31. The van der Waals surface area contributed by atoms with Crippen molar-refractivity contribution in [3.63, 3.8) is 0 Å². The summed E-state index contributed by atoms with van der Waals surface area (Å²) in [5.41, 5.74) is 4.87. The van der Waals surface area contributed by atoms with E-state index < -0.39 is 0 Å². The Balaban J connectivity index is 1.93. The van der Waals surface area contributed by atoms with Crippen LogP contribution in [0.1, 0.15) is 53.3 Å². The van der Waals surface area contributed by atoms with Crippen LogP contribution in [0.2, 0.25) is 0 Å². The molecular formula is C28H37N5O2S2. The number of likely N-dealkylation sites (N-methyl/N-ethyl adjacent to an activating group) is 1. The van der Waals surface area contributed by atoms with E-state index in [-0.39, 0.29) is 29.0 Å². The van der Waals surface area contributed by atoms with Crippen LogP contribution in [0.5, 0.6) is 0 Å². The molecule has 37 heavy (non-hydrogen) atoms. The lowest BCUT2D eigenvalue weighted by atomic mass is 9.88. The highest BCUT2D eigenvalue weighted by Gasteiger charge is 2.40. The van der Waals surface area contributed by atoms with Crippen LogP contribution in [0.3, 0.4) is 0 Å². The van der Waals surface area contributed by atoms with E-state index in [0.29, 0.717) is 18.1 Å². The van der Waals surface area contributed by atoms with Crippen molar-refractivity contribution in [3.05, 3.63) is 63.0 Å². The number of hydrogen-bond acceptors (Lipinski definition) is 6. The second-order valence-electron chi connectivity index (χ2n) is 10.8. The van der Waals surface area contributed by atoms with Gasteiger partial charge in [0.25, 0.3) is 0 Å². The summed E-state index contributed by atoms with van der Waals surface area (Å²) in [7, 11) is 3.94. The first-order chi connectivity index (χ1) is 17.5. The number of rotatable bonds is 7. The number of fused-ring (bicyclic) bond motifs is 1. The van der Waals surface area contributed by atoms with Crippen LogP contribution in [0.25, 0.3) is 5.69 Å². The molecule has 7 nitrogen and oxygen atoms in total. The molecular weight excluding hydrogens is 502 g/mol. The van der Waals surface area contributed by atoms with Gasteiger partial charge in [-0.2, -0.15) is 5.10 Å². The van der Waals surface area contributed by atoms with Crippen molar-refractivity contribution < 1.29 is 9.59 Å². The van der Waals surface area contributed by atoms with E-state index in [1.165, 1.54) is 4.88 Å². The van der Waals surface area contributed by atoms with Crippen LogP contribution in [-0.4, -0.2) is 66.0 Å². The van der Waals surface area contributed by atoms with Gasteiger partial charge in [-0.15, -0.1) is 23.1 Å². The first kappa shape index (κ1) is 27.4. The molecule has 3 aromatic rings. The molecule has 1 aliphatic heterocycles. The van der Waals surface area contributed by atoms with Gasteiger partial charge in [-0.3, -0.25) is 14.5 Å². The summed E-state index contributed by atoms with van der Waals surface area (Å²) in [5.74, 6) is 0.736. The molecule has 4 rings (SSSR count). The molecule has 1 aliphatic rings. The molecule has 0 unspecified atom stereocenters. The van der Waals surface area contributed by atoms with E-state index in [9.17, 15) is 9.59 Å². The lowest BCUT2D eigenvalue weighted by Gasteiger charge is -2.24. The minimum absolute atomic E-state index is 0.0445. The molecule has 0 aliphatic carbocycles. The minimum atomic E-state index is -0.268. The number of amides is 2. The number of aromatic nitrogens is 2. The number of benzene rings is 1. The van der Waals surface area contributed by atoms with Crippen molar-refractivity contribution in [1.29, 1.82) is 0 Å². The topological polar surface area (TPSA) is 70.5 Å². The Morgan fingerprint density at radius 3 is 2.59 bits per heavy atom. The number of anilines is 1. The summed E-state index contributed by atoms with van der Waals surface area (Å²) in [6, 6.07) is 10.3. The molecule has 0 radical (unpaired) electrons. The number of carbonyl (C=O) groups excluding carboxylic acids is 2. The fourth-order valence-electron chi connectivity index (χ4n) is 4.49. The molecule has 0 saturated heterocycles. The molecule has 2 amide bonds. The molecule has 198 valence electrons. The highest BCUT2D eigenvalue weighted by molar-refractivity contribution is 8.00. The van der Waals surface area contributed by atoms with Gasteiger partial charge in [0.2, 0.25) is 11.8 Å². The van der Waals surface area contributed by atoms with Crippen molar-refractivity contribution in [2.75, 3.05) is 44.4 Å². The Kier molecular flexibility index (Phi) is 8.16. The average molecular weight is 540 g/mol. The van der Waals surface area contributed by atoms with Gasteiger partial charge in [0.15, 0.2) is 0 Å². The van der Waals surface area contributed by atoms with Gasteiger partial charge in [-0.25, -0.2) is 4.68 Å². The maximum absolute atomic E-state index is 13.7. The Bertz CT molecular complexity index is 1270. The Morgan fingerprint density at radius 1 is 1.19 bits per heavy atom. The molecule has 1 aromatic carbocycles. The van der Waals surface area contributed by atoms with E-state index in [1.54, 1.807) is 28.0 Å². The van der Waals surface area contributed by atoms with Crippen molar-refractivity contribution in [2.45, 2.75) is 45.3 Å². The maximum atomic E-state index is 13.7. The van der Waals surface area contributed by atoms with Crippen molar-refractivity contribution in [3.8, 4) is 5.69 Å². The van der Waals surface area contributed by atoms with Crippen LogP contribution in [0.4, 0.5) is 5.82 Å². The smallest absolute Gasteiger partial charge is 0.240 e. The fourth-order valence-corrected chi connectivity index (χ4v) is 6.67. The first-order valence-electron chi connectivity index (χ1n) is 12.6. The third kappa shape index (κ3) is 5.78. The normalized spacial score (nSPS) is 16.2. The van der Waals surface area contributed by atoms with Gasteiger partial charge >= 0.3 is 0 Å². The average Bonchev–Trinajstić information content (AvgIpc) is 3.45. The molecule has 1 N–H and O–H groups in total. The van der Waals surface area contributed by atoms with Crippen molar-refractivity contribution in [2.24, 2.45) is 0 Å². The number of hydrogen-bond donors (Lipinski definition) is 1. The molecule has 3 heterocycles. The molecule has 2 aromatic heterocycles. The standard InChI is InChI=1S/C28H37N5O2S2/c1-18-10-8-11-20(19(18)2)33-27-24(26(30-33)28(3,4)5)25(21-12-9-15-36-21)37-17-23(35)32(27)16-22(34)29-13-14-31(6)7/h8-12,15,25H,13-14,16-17H2,1-7H3,(H,29,34)/t25-/m0/s1. The fraction of sp³-hybridized carbons (Fsp3) is 0.464. The highest BCUT2D eigenvalue weighted by atomic mass is 32.2. The summed E-state index contributed by atoms with van der Waals surface area (Å²) < 4.78 is 1.91. The second kappa shape index (κ2) is 11.0. The lowest BCUT2D eigenvalue weighted by molar-refractivity contribution is -0.122. The van der Waals surface area contributed by atoms with E-state index in [1.807, 2.05) is 35.8 Å². The SMILES string of the molecule is Cc1cccc(-n2nc(C(C)(C)C)c3c2N(CC(=O)NCCN(C)C)C(=O)CS[C@H]3c2cccs2)c1C. The van der Waals surface area contributed by atoms with Crippen LogP contribution in [0.15, 0.2) is 35.7 Å². The lowest BCUT2D eigenvalue weighted by Crippen LogP contribution is -2.43. The van der Waals surface area contributed by atoms with Crippen LogP contribution in [0, 0.1) is 13.8 Å². The zero-order chi connectivity index (χ0) is 26.9. The van der Waals surface area contributed by atoms with E-state index in [0.717, 1.165) is 34.6 Å². The number of nitrogens with zero attached hydrogens (tertiary/aromatic N) is 4. The highest BCUT2D eigenvalue weighted by Crippen LogP contribution is 2.49. The van der Waals surface area contributed by atoms with Crippen LogP contribution < -0.4 is 10.2 Å². The number of thiophene rings is 1. The third-order valence-electron chi connectivity index (χ3n) is 6.59. The number of carbonyl (C=O) groups is 2. The maximum Gasteiger partial charge on any atom is 0.240 e. The Morgan fingerprint density at radius 2 is 1.95 bits per heavy atom. The van der Waals surface area contributed by atoms with Gasteiger partial charge < -0.3 is 10.2 Å². The van der Waals surface area contributed by atoms with Gasteiger partial charge in [0.1, 0.15) is 12.4 Å². The van der Waals surface area contributed by atoms with E-state index in [2.05, 4.69) is 63.5 Å². The number of nitrogens with one attached hydrogen (secondary N) is 1.